The minimum Gasteiger partial charge on any atom is -0.313 e. The fourth-order valence-electron chi connectivity index (χ4n) is 1.85. The quantitative estimate of drug-likeness (QED) is 0.873. The Balaban J connectivity index is 2.13. The molecule has 0 saturated heterocycles. The third-order valence-electron chi connectivity index (χ3n) is 2.86. The van der Waals surface area contributed by atoms with Gasteiger partial charge in [0, 0.05) is 17.3 Å². The van der Waals surface area contributed by atoms with Crippen LogP contribution in [0.2, 0.25) is 4.34 Å². The Morgan fingerprint density at radius 3 is 2.41 bits per heavy atom. The van der Waals surface area contributed by atoms with E-state index in [1.54, 1.807) is 11.3 Å². The molecule has 1 aromatic heterocycles. The minimum absolute atomic E-state index is 0.352. The molecule has 2 rings (SSSR count). The molecule has 1 atom stereocenters. The first-order chi connectivity index (χ1) is 8.19. The Labute approximate surface area is 111 Å². The molecule has 0 aliphatic carbocycles. The van der Waals surface area contributed by atoms with E-state index in [2.05, 4.69) is 42.6 Å². The van der Waals surface area contributed by atoms with Gasteiger partial charge in [0.15, 0.2) is 0 Å². The van der Waals surface area contributed by atoms with Crippen LogP contribution in [0, 0.1) is 6.92 Å². The van der Waals surface area contributed by atoms with E-state index in [-0.39, 0.29) is 0 Å². The zero-order chi connectivity index (χ0) is 12.3. The summed E-state index contributed by atoms with van der Waals surface area (Å²) in [6.07, 6.45) is 0.983. The zero-order valence-corrected chi connectivity index (χ0v) is 11.6. The van der Waals surface area contributed by atoms with Crippen LogP contribution in [0.3, 0.4) is 0 Å². The van der Waals surface area contributed by atoms with Crippen LogP contribution in [0.25, 0.3) is 0 Å². The van der Waals surface area contributed by atoms with Crippen molar-refractivity contribution in [1.29, 1.82) is 0 Å². The highest BCUT2D eigenvalue weighted by molar-refractivity contribution is 7.16. The molecule has 1 aromatic carbocycles. The van der Waals surface area contributed by atoms with E-state index in [9.17, 15) is 0 Å². The van der Waals surface area contributed by atoms with Crippen molar-refractivity contribution < 1.29 is 0 Å². The molecule has 0 aliphatic heterocycles. The highest BCUT2D eigenvalue weighted by Gasteiger charge is 2.11. The van der Waals surface area contributed by atoms with Crippen molar-refractivity contribution in [2.75, 3.05) is 7.05 Å². The molecule has 0 fully saturated rings. The number of nitrogens with one attached hydrogen (secondary N) is 1. The van der Waals surface area contributed by atoms with Crippen molar-refractivity contribution in [2.45, 2.75) is 19.4 Å². The summed E-state index contributed by atoms with van der Waals surface area (Å²) in [6, 6.07) is 13.1. The number of hydrogen-bond acceptors (Lipinski definition) is 2. The summed E-state index contributed by atoms with van der Waals surface area (Å²) in [5.41, 5.74) is 2.62. The van der Waals surface area contributed by atoms with Crippen molar-refractivity contribution in [1.82, 2.24) is 5.32 Å². The number of rotatable bonds is 4. The van der Waals surface area contributed by atoms with Gasteiger partial charge < -0.3 is 5.32 Å². The highest BCUT2D eigenvalue weighted by atomic mass is 35.5. The number of likely N-dealkylation sites (N-methyl/N-ethyl adjacent to an activating group) is 1. The van der Waals surface area contributed by atoms with Crippen LogP contribution in [-0.4, -0.2) is 7.05 Å². The average molecular weight is 266 g/mol. The zero-order valence-electron chi connectivity index (χ0n) is 10.0. The molecule has 2 aromatic rings. The Morgan fingerprint density at radius 2 is 1.88 bits per heavy atom. The first-order valence-electron chi connectivity index (χ1n) is 5.67. The fraction of sp³-hybridized carbons (Fsp3) is 0.286. The van der Waals surface area contributed by atoms with Crippen LogP contribution >= 0.6 is 22.9 Å². The van der Waals surface area contributed by atoms with Gasteiger partial charge in [-0.1, -0.05) is 41.4 Å². The predicted octanol–water partition coefficient (Wildman–Crippen LogP) is 4.21. The first-order valence-corrected chi connectivity index (χ1v) is 6.86. The van der Waals surface area contributed by atoms with Crippen LogP contribution in [0.5, 0.6) is 0 Å². The van der Waals surface area contributed by atoms with Gasteiger partial charge in [-0.2, -0.15) is 0 Å². The van der Waals surface area contributed by atoms with Gasteiger partial charge in [-0.05, 0) is 31.7 Å². The topological polar surface area (TPSA) is 12.0 Å². The van der Waals surface area contributed by atoms with Crippen molar-refractivity contribution >= 4 is 22.9 Å². The maximum Gasteiger partial charge on any atom is 0.0931 e. The number of benzene rings is 1. The smallest absolute Gasteiger partial charge is 0.0931 e. The summed E-state index contributed by atoms with van der Waals surface area (Å²) in [5, 5.41) is 3.36. The summed E-state index contributed by atoms with van der Waals surface area (Å²) >= 11 is 7.61. The molecule has 17 heavy (non-hydrogen) atoms. The Morgan fingerprint density at radius 1 is 1.18 bits per heavy atom. The van der Waals surface area contributed by atoms with Crippen LogP contribution in [0.4, 0.5) is 0 Å². The first kappa shape index (κ1) is 12.6. The molecule has 0 spiro atoms. The summed E-state index contributed by atoms with van der Waals surface area (Å²) < 4.78 is 0.860. The maximum absolute atomic E-state index is 5.95. The summed E-state index contributed by atoms with van der Waals surface area (Å²) in [6.45, 7) is 2.11. The lowest BCUT2D eigenvalue weighted by atomic mass is 10.0. The molecular weight excluding hydrogens is 250 g/mol. The molecule has 1 N–H and O–H groups in total. The second-order valence-electron chi connectivity index (χ2n) is 4.16. The van der Waals surface area contributed by atoms with Crippen molar-refractivity contribution in [3.8, 4) is 0 Å². The van der Waals surface area contributed by atoms with Gasteiger partial charge >= 0.3 is 0 Å². The molecule has 0 aliphatic rings. The molecule has 3 heteroatoms. The number of aryl methyl sites for hydroxylation is 1. The molecular formula is C14H16ClNS. The second-order valence-corrected chi connectivity index (χ2v) is 5.96. The average Bonchev–Trinajstić information content (AvgIpc) is 2.73. The second kappa shape index (κ2) is 5.67. The predicted molar refractivity (Wildman–Crippen MR) is 76.0 cm³/mol. The van der Waals surface area contributed by atoms with E-state index in [0.717, 1.165) is 10.8 Å². The molecule has 0 saturated carbocycles. The van der Waals surface area contributed by atoms with E-state index < -0.39 is 0 Å². The molecule has 1 heterocycles. The lowest BCUT2D eigenvalue weighted by molar-refractivity contribution is 0.596. The molecule has 90 valence electrons. The van der Waals surface area contributed by atoms with Crippen LogP contribution in [-0.2, 0) is 6.42 Å². The van der Waals surface area contributed by atoms with E-state index >= 15 is 0 Å². The number of thiophene rings is 1. The molecule has 1 nitrogen and oxygen atoms in total. The van der Waals surface area contributed by atoms with Gasteiger partial charge in [0.1, 0.15) is 0 Å². The Hall–Kier alpha value is -0.830. The summed E-state index contributed by atoms with van der Waals surface area (Å²) in [4.78, 5) is 1.31. The van der Waals surface area contributed by atoms with Gasteiger partial charge in [0.05, 0.1) is 4.34 Å². The van der Waals surface area contributed by atoms with Gasteiger partial charge in [-0.25, -0.2) is 0 Å². The molecule has 0 bridgehead atoms. The highest BCUT2D eigenvalue weighted by Crippen LogP contribution is 2.26. The van der Waals surface area contributed by atoms with Crippen molar-refractivity contribution in [3.05, 3.63) is 56.7 Å². The van der Waals surface area contributed by atoms with Gasteiger partial charge in [-0.3, -0.25) is 0 Å². The Kier molecular flexibility index (Phi) is 4.21. The van der Waals surface area contributed by atoms with E-state index in [4.69, 9.17) is 11.6 Å². The lowest BCUT2D eigenvalue weighted by Crippen LogP contribution is -2.18. The van der Waals surface area contributed by atoms with E-state index in [1.807, 2.05) is 13.1 Å². The maximum atomic E-state index is 5.95. The fourth-order valence-corrected chi connectivity index (χ4v) is 2.98. The molecule has 0 radical (unpaired) electrons. The third-order valence-corrected chi connectivity index (χ3v) is 4.12. The van der Waals surface area contributed by atoms with Gasteiger partial charge in [0.2, 0.25) is 0 Å². The van der Waals surface area contributed by atoms with Crippen LogP contribution < -0.4 is 5.32 Å². The molecule has 1 unspecified atom stereocenters. The lowest BCUT2D eigenvalue weighted by Gasteiger charge is -2.15. The summed E-state index contributed by atoms with van der Waals surface area (Å²) in [7, 11) is 2.00. The van der Waals surface area contributed by atoms with E-state index in [0.29, 0.717) is 6.04 Å². The van der Waals surface area contributed by atoms with Gasteiger partial charge in [0.25, 0.3) is 0 Å². The number of hydrogen-bond donors (Lipinski definition) is 1. The monoisotopic (exact) mass is 265 g/mol. The minimum atomic E-state index is 0.352. The van der Waals surface area contributed by atoms with Crippen LogP contribution in [0.15, 0.2) is 36.4 Å². The van der Waals surface area contributed by atoms with E-state index in [1.165, 1.54) is 16.0 Å². The standard InChI is InChI=1S/C14H16ClNS/c1-10-3-5-11(6-4-10)13(16-2)9-12-7-8-14(15)17-12/h3-8,13,16H,9H2,1-2H3. The van der Waals surface area contributed by atoms with Gasteiger partial charge in [-0.15, -0.1) is 11.3 Å². The Bertz CT molecular complexity index is 475. The normalized spacial score (nSPS) is 12.6. The SMILES string of the molecule is CNC(Cc1ccc(Cl)s1)c1ccc(C)cc1. The third kappa shape index (κ3) is 3.32. The largest absolute Gasteiger partial charge is 0.313 e. The van der Waals surface area contributed by atoms with Crippen molar-refractivity contribution in [2.24, 2.45) is 0 Å². The van der Waals surface area contributed by atoms with Crippen molar-refractivity contribution in [3.63, 3.8) is 0 Å². The summed E-state index contributed by atoms with van der Waals surface area (Å²) in [5.74, 6) is 0. The van der Waals surface area contributed by atoms with Crippen LogP contribution in [0.1, 0.15) is 22.0 Å². The number of halogens is 1. The molecule has 0 amide bonds.